The predicted molar refractivity (Wildman–Crippen MR) is 97.5 cm³/mol. The first kappa shape index (κ1) is 18.9. The number of amides is 1. The largest absolute Gasteiger partial charge is 0.444 e. The van der Waals surface area contributed by atoms with E-state index >= 15 is 0 Å². The van der Waals surface area contributed by atoms with Gasteiger partial charge in [-0.2, -0.15) is 5.26 Å². The van der Waals surface area contributed by atoms with Crippen LogP contribution in [-0.2, 0) is 16.2 Å². The molecule has 0 aliphatic carbocycles. The van der Waals surface area contributed by atoms with Crippen molar-refractivity contribution in [2.24, 2.45) is 5.16 Å². The van der Waals surface area contributed by atoms with Crippen molar-refractivity contribution in [2.45, 2.75) is 33.0 Å². The number of oxime groups is 1. The maximum atomic E-state index is 11.8. The highest BCUT2D eigenvalue weighted by Crippen LogP contribution is 2.11. The van der Waals surface area contributed by atoms with Crippen LogP contribution in [0.2, 0.25) is 0 Å². The summed E-state index contributed by atoms with van der Waals surface area (Å²) < 4.78 is 5.18. The molecule has 7 nitrogen and oxygen atoms in total. The van der Waals surface area contributed by atoms with Gasteiger partial charge in [0, 0.05) is 5.56 Å². The van der Waals surface area contributed by atoms with Crippen molar-refractivity contribution in [3.05, 3.63) is 59.8 Å². The number of hydrogen-bond acceptors (Lipinski definition) is 6. The summed E-state index contributed by atoms with van der Waals surface area (Å²) in [7, 11) is 0. The molecule has 0 aliphatic rings. The Labute approximate surface area is 152 Å². The molecule has 1 aromatic carbocycles. The Hall–Kier alpha value is -3.40. The van der Waals surface area contributed by atoms with Crippen LogP contribution in [0.15, 0.2) is 53.7 Å². The summed E-state index contributed by atoms with van der Waals surface area (Å²) in [6, 6.07) is 16.1. The average Bonchev–Trinajstić information content (AvgIpc) is 2.58. The first-order valence-corrected chi connectivity index (χ1v) is 7.99. The second-order valence-electron chi connectivity index (χ2n) is 6.33. The van der Waals surface area contributed by atoms with E-state index in [1.807, 2.05) is 24.3 Å². The van der Waals surface area contributed by atoms with Gasteiger partial charge in [0.2, 0.25) is 0 Å². The molecule has 1 aromatic heterocycles. The van der Waals surface area contributed by atoms with Gasteiger partial charge in [0.15, 0.2) is 12.3 Å². The zero-order valence-electron chi connectivity index (χ0n) is 14.9. The van der Waals surface area contributed by atoms with Crippen LogP contribution in [0, 0.1) is 11.3 Å². The number of benzene rings is 1. The third-order valence-corrected chi connectivity index (χ3v) is 2.96. The van der Waals surface area contributed by atoms with Crippen molar-refractivity contribution in [1.82, 2.24) is 4.98 Å². The molecule has 7 heteroatoms. The highest BCUT2D eigenvalue weighted by atomic mass is 16.6. The van der Waals surface area contributed by atoms with Crippen LogP contribution in [-0.4, -0.2) is 22.4 Å². The number of carbonyl (C=O) groups excluding carboxylic acids is 1. The minimum atomic E-state index is -0.593. The minimum Gasteiger partial charge on any atom is -0.444 e. The highest BCUT2D eigenvalue weighted by molar-refractivity contribution is 6.11. The summed E-state index contributed by atoms with van der Waals surface area (Å²) in [5.41, 5.74) is 0.801. The van der Waals surface area contributed by atoms with Crippen molar-refractivity contribution in [3.8, 4) is 6.07 Å². The summed E-state index contributed by atoms with van der Waals surface area (Å²) in [5, 5.41) is 15.6. The van der Waals surface area contributed by atoms with Crippen molar-refractivity contribution < 1.29 is 14.4 Å². The molecule has 26 heavy (non-hydrogen) atoms. The lowest BCUT2D eigenvalue weighted by Crippen LogP contribution is -2.27. The second-order valence-corrected chi connectivity index (χ2v) is 6.33. The fraction of sp³-hybridized carbons (Fsp3) is 0.263. The van der Waals surface area contributed by atoms with Crippen molar-refractivity contribution in [3.63, 3.8) is 0 Å². The molecule has 0 atom stereocenters. The molecule has 1 N–H and O–H groups in total. The predicted octanol–water partition coefficient (Wildman–Crippen LogP) is 3.87. The van der Waals surface area contributed by atoms with Crippen molar-refractivity contribution >= 4 is 17.6 Å². The number of carbonyl (C=O) groups is 1. The molecule has 1 heterocycles. The summed E-state index contributed by atoms with van der Waals surface area (Å²) in [5.74, 6) is 0.341. The standard InChI is InChI=1S/C19H20N4O3/c1-19(2,3)26-18(24)22-17-11-7-10-15(21-17)13-25-23-16(12-20)14-8-5-4-6-9-14/h4-11H,13H2,1-3H3,(H,21,22,24). The lowest BCUT2D eigenvalue weighted by Gasteiger charge is -2.19. The van der Waals surface area contributed by atoms with Gasteiger partial charge in [-0.05, 0) is 32.9 Å². The molecule has 2 aromatic rings. The van der Waals surface area contributed by atoms with Crippen molar-refractivity contribution in [2.75, 3.05) is 5.32 Å². The quantitative estimate of drug-likeness (QED) is 0.651. The van der Waals surface area contributed by atoms with Gasteiger partial charge < -0.3 is 9.57 Å². The highest BCUT2D eigenvalue weighted by Gasteiger charge is 2.16. The number of ether oxygens (including phenoxy) is 1. The van der Waals surface area contributed by atoms with Crippen LogP contribution in [0.5, 0.6) is 0 Å². The molecule has 0 saturated heterocycles. The number of hydrogen-bond donors (Lipinski definition) is 1. The number of nitrogens with one attached hydrogen (secondary N) is 1. The average molecular weight is 352 g/mol. The molecule has 0 fully saturated rings. The van der Waals surface area contributed by atoms with Crippen LogP contribution in [0.4, 0.5) is 10.6 Å². The third-order valence-electron chi connectivity index (χ3n) is 2.96. The Morgan fingerprint density at radius 2 is 1.92 bits per heavy atom. The minimum absolute atomic E-state index is 0.0574. The molecule has 0 spiro atoms. The maximum Gasteiger partial charge on any atom is 0.413 e. The van der Waals surface area contributed by atoms with E-state index in [0.717, 1.165) is 0 Å². The molecule has 0 aliphatic heterocycles. The number of rotatable bonds is 5. The van der Waals surface area contributed by atoms with Crippen LogP contribution >= 0.6 is 0 Å². The van der Waals surface area contributed by atoms with Gasteiger partial charge in [0.05, 0.1) is 5.69 Å². The molecule has 0 unspecified atom stereocenters. The molecule has 2 rings (SSSR count). The molecule has 0 bridgehead atoms. The van der Waals surface area contributed by atoms with Crippen molar-refractivity contribution in [1.29, 1.82) is 5.26 Å². The molecular formula is C19H20N4O3. The van der Waals surface area contributed by atoms with Gasteiger partial charge in [-0.25, -0.2) is 9.78 Å². The second kappa shape index (κ2) is 8.62. The van der Waals surface area contributed by atoms with Crippen LogP contribution in [0.1, 0.15) is 32.0 Å². The van der Waals surface area contributed by atoms with E-state index in [4.69, 9.17) is 9.57 Å². The van der Waals surface area contributed by atoms with Gasteiger partial charge in [-0.1, -0.05) is 41.6 Å². The van der Waals surface area contributed by atoms with E-state index in [2.05, 4.69) is 15.5 Å². The van der Waals surface area contributed by atoms with Gasteiger partial charge in [0.25, 0.3) is 0 Å². The van der Waals surface area contributed by atoms with E-state index in [0.29, 0.717) is 17.1 Å². The zero-order chi connectivity index (χ0) is 19.0. The molecule has 0 saturated carbocycles. The first-order chi connectivity index (χ1) is 12.4. The number of nitrogens with zero attached hydrogens (tertiary/aromatic N) is 3. The fourth-order valence-corrected chi connectivity index (χ4v) is 1.93. The summed E-state index contributed by atoms with van der Waals surface area (Å²) >= 11 is 0. The lowest BCUT2D eigenvalue weighted by molar-refractivity contribution is 0.0635. The summed E-state index contributed by atoms with van der Waals surface area (Å²) in [6.07, 6.45) is -0.586. The van der Waals surface area contributed by atoms with E-state index in [1.165, 1.54) is 0 Å². The van der Waals surface area contributed by atoms with Gasteiger partial charge in [-0.15, -0.1) is 0 Å². The number of anilines is 1. The third kappa shape index (κ3) is 6.24. The topological polar surface area (TPSA) is 96.6 Å². The Kier molecular flexibility index (Phi) is 6.28. The van der Waals surface area contributed by atoms with E-state index in [1.54, 1.807) is 51.1 Å². The van der Waals surface area contributed by atoms with Gasteiger partial charge in [0.1, 0.15) is 17.5 Å². The van der Waals surface area contributed by atoms with E-state index < -0.39 is 11.7 Å². The fourth-order valence-electron chi connectivity index (χ4n) is 1.93. The van der Waals surface area contributed by atoms with Gasteiger partial charge >= 0.3 is 6.09 Å². The Morgan fingerprint density at radius 1 is 1.19 bits per heavy atom. The maximum absolute atomic E-state index is 11.8. The Balaban J connectivity index is 1.97. The molecule has 134 valence electrons. The van der Waals surface area contributed by atoms with Crippen LogP contribution < -0.4 is 5.32 Å². The smallest absolute Gasteiger partial charge is 0.413 e. The Bertz CT molecular complexity index is 821. The van der Waals surface area contributed by atoms with E-state index in [9.17, 15) is 10.1 Å². The van der Waals surface area contributed by atoms with E-state index in [-0.39, 0.29) is 12.3 Å². The zero-order valence-corrected chi connectivity index (χ0v) is 14.9. The SMILES string of the molecule is CC(C)(C)OC(=O)Nc1cccc(CON=C(C#N)c2ccccc2)n1. The normalized spacial score (nSPS) is 11.4. The molecule has 1 amide bonds. The molecular weight excluding hydrogens is 332 g/mol. The summed E-state index contributed by atoms with van der Waals surface area (Å²) in [6.45, 7) is 5.40. The Morgan fingerprint density at radius 3 is 2.58 bits per heavy atom. The monoisotopic (exact) mass is 352 g/mol. The first-order valence-electron chi connectivity index (χ1n) is 7.99. The van der Waals surface area contributed by atoms with Gasteiger partial charge in [-0.3, -0.25) is 5.32 Å². The number of pyridine rings is 1. The number of nitriles is 1. The van der Waals surface area contributed by atoms with Crippen LogP contribution in [0.25, 0.3) is 0 Å². The number of aromatic nitrogens is 1. The summed E-state index contributed by atoms with van der Waals surface area (Å²) in [4.78, 5) is 21.3. The van der Waals surface area contributed by atoms with Crippen LogP contribution in [0.3, 0.4) is 0 Å². The lowest BCUT2D eigenvalue weighted by atomic mass is 10.1. The molecule has 0 radical (unpaired) electrons.